The highest BCUT2D eigenvalue weighted by atomic mass is 35.5. The van der Waals surface area contributed by atoms with Crippen LogP contribution in [-0.2, 0) is 9.53 Å². The highest BCUT2D eigenvalue weighted by Crippen LogP contribution is 2.54. The minimum atomic E-state index is -0.367. The molecule has 3 rings (SSSR count). The van der Waals surface area contributed by atoms with Crippen LogP contribution < -0.4 is 17.3 Å². The van der Waals surface area contributed by atoms with Crippen molar-refractivity contribution in [1.29, 1.82) is 0 Å². The third-order valence-electron chi connectivity index (χ3n) is 4.54. The fourth-order valence-electron chi connectivity index (χ4n) is 3.14. The van der Waals surface area contributed by atoms with Gasteiger partial charge in [-0.2, -0.15) is 0 Å². The maximum Gasteiger partial charge on any atom is 0.341 e. The molecule has 0 fully saturated rings. The molecule has 5 nitrogen and oxygen atoms in total. The van der Waals surface area contributed by atoms with Crippen LogP contribution in [0.15, 0.2) is 33.4 Å². The number of ether oxygens (including phenoxy) is 1. The molecular formula is C20H24ClN2O3S2-. The fraction of sp³-hybridized carbons (Fsp3) is 0.400. The molecule has 1 aliphatic heterocycles. The van der Waals surface area contributed by atoms with Crippen LogP contribution in [0.3, 0.4) is 0 Å². The first-order valence-corrected chi connectivity index (χ1v) is 10.8. The van der Waals surface area contributed by atoms with Crippen molar-refractivity contribution >= 4 is 46.3 Å². The van der Waals surface area contributed by atoms with Crippen LogP contribution in [0.1, 0.15) is 36.0 Å². The maximum absolute atomic E-state index is 13.3. The highest BCUT2D eigenvalue weighted by molar-refractivity contribution is 8.01. The number of nitrogens with zero attached hydrogens (tertiary/aromatic N) is 2. The van der Waals surface area contributed by atoms with E-state index in [0.29, 0.717) is 24.4 Å². The summed E-state index contributed by atoms with van der Waals surface area (Å²) in [5, 5.41) is 0. The average molecular weight is 440 g/mol. The van der Waals surface area contributed by atoms with Crippen molar-refractivity contribution in [2.75, 3.05) is 31.1 Å². The van der Waals surface area contributed by atoms with E-state index in [4.69, 9.17) is 4.74 Å². The number of hydrogen-bond donors (Lipinski definition) is 0. The van der Waals surface area contributed by atoms with Gasteiger partial charge in [0.05, 0.1) is 34.3 Å². The van der Waals surface area contributed by atoms with Crippen LogP contribution in [-0.4, -0.2) is 43.0 Å². The number of halogens is 1. The largest absolute Gasteiger partial charge is 1.00 e. The van der Waals surface area contributed by atoms with Crippen molar-refractivity contribution in [1.82, 2.24) is 4.90 Å². The number of amides is 1. The first kappa shape index (κ1) is 22.7. The molecule has 2 aromatic rings. The van der Waals surface area contributed by atoms with Gasteiger partial charge in [-0.05, 0) is 39.1 Å². The number of hydrogen-bond acceptors (Lipinski definition) is 6. The van der Waals surface area contributed by atoms with Crippen molar-refractivity contribution in [2.24, 2.45) is 0 Å². The molecule has 152 valence electrons. The molecule has 1 amide bonds. The number of rotatable bonds is 6. The van der Waals surface area contributed by atoms with Crippen molar-refractivity contribution in [2.45, 2.75) is 36.8 Å². The number of benzene rings is 1. The van der Waals surface area contributed by atoms with Gasteiger partial charge in [0.15, 0.2) is 0 Å². The number of carbonyl (C=O) groups is 2. The van der Waals surface area contributed by atoms with E-state index in [1.54, 1.807) is 34.9 Å². The number of anilines is 2. The standard InChI is InChI=1S/C20H24N2O3S2.ClH/c1-5-21(6-2)12-16(23)22-14-10-8-9-11-15(14)27-20-18(22)17(13(4)26-20)19(24)25-7-3;/h8-11H,5-7,12H2,1-4H3;1H/p-1. The molecule has 0 unspecified atom stereocenters. The second-order valence-electron chi connectivity index (χ2n) is 6.15. The summed E-state index contributed by atoms with van der Waals surface area (Å²) in [5.41, 5.74) is 2.01. The number of esters is 1. The zero-order valence-electron chi connectivity index (χ0n) is 16.5. The van der Waals surface area contributed by atoms with E-state index in [-0.39, 0.29) is 24.3 Å². The van der Waals surface area contributed by atoms with Crippen molar-refractivity contribution < 1.29 is 26.7 Å². The van der Waals surface area contributed by atoms with Crippen LogP contribution in [0.4, 0.5) is 11.4 Å². The van der Waals surface area contributed by atoms with Gasteiger partial charge in [0.2, 0.25) is 5.91 Å². The molecule has 0 bridgehead atoms. The lowest BCUT2D eigenvalue weighted by Gasteiger charge is -2.31. The lowest BCUT2D eigenvalue weighted by Crippen LogP contribution is -3.00. The Balaban J connectivity index is 0.00000280. The summed E-state index contributed by atoms with van der Waals surface area (Å²) in [7, 11) is 0. The Labute approximate surface area is 180 Å². The van der Waals surface area contributed by atoms with E-state index in [1.165, 1.54) is 0 Å². The number of thiophene rings is 1. The topological polar surface area (TPSA) is 49.9 Å². The predicted octanol–water partition coefficient (Wildman–Crippen LogP) is 1.71. The Bertz CT molecular complexity index is 865. The van der Waals surface area contributed by atoms with Gasteiger partial charge in [-0.1, -0.05) is 37.7 Å². The van der Waals surface area contributed by atoms with E-state index in [1.807, 2.05) is 45.0 Å². The van der Waals surface area contributed by atoms with Gasteiger partial charge in [-0.3, -0.25) is 14.6 Å². The van der Waals surface area contributed by atoms with Crippen molar-refractivity contribution in [3.63, 3.8) is 0 Å². The number of carbonyl (C=O) groups excluding carboxylic acids is 2. The van der Waals surface area contributed by atoms with E-state index in [2.05, 4.69) is 4.90 Å². The second-order valence-corrected chi connectivity index (χ2v) is 8.69. The summed E-state index contributed by atoms with van der Waals surface area (Å²) in [6, 6.07) is 7.84. The molecule has 0 atom stereocenters. The average Bonchev–Trinajstić information content (AvgIpc) is 2.99. The predicted molar refractivity (Wildman–Crippen MR) is 111 cm³/mol. The number of fused-ring (bicyclic) bond motifs is 2. The van der Waals surface area contributed by atoms with E-state index < -0.39 is 0 Å². The van der Waals surface area contributed by atoms with Gasteiger partial charge in [-0.25, -0.2) is 4.79 Å². The Morgan fingerprint density at radius 2 is 1.82 bits per heavy atom. The molecule has 0 N–H and O–H groups in total. The van der Waals surface area contributed by atoms with Crippen LogP contribution in [0.25, 0.3) is 0 Å². The molecule has 1 aliphatic rings. The Morgan fingerprint density at radius 3 is 2.46 bits per heavy atom. The molecule has 8 heteroatoms. The third kappa shape index (κ3) is 4.22. The first-order valence-electron chi connectivity index (χ1n) is 9.14. The molecule has 2 heterocycles. The van der Waals surface area contributed by atoms with Gasteiger partial charge < -0.3 is 17.1 Å². The van der Waals surface area contributed by atoms with Crippen molar-refractivity contribution in [3.05, 3.63) is 34.7 Å². The van der Waals surface area contributed by atoms with Gasteiger partial charge in [-0.15, -0.1) is 11.3 Å². The summed E-state index contributed by atoms with van der Waals surface area (Å²) in [6.07, 6.45) is 0. The Morgan fingerprint density at radius 1 is 1.14 bits per heavy atom. The molecular weight excluding hydrogens is 416 g/mol. The van der Waals surface area contributed by atoms with Crippen LogP contribution in [0.5, 0.6) is 0 Å². The van der Waals surface area contributed by atoms with E-state index in [9.17, 15) is 9.59 Å². The fourth-order valence-corrected chi connectivity index (χ4v) is 5.70. The Hall–Kier alpha value is -1.54. The number of para-hydroxylation sites is 1. The quantitative estimate of drug-likeness (QED) is 0.641. The molecule has 1 aromatic heterocycles. The minimum Gasteiger partial charge on any atom is -1.00 e. The number of likely N-dealkylation sites (N-methyl/N-ethyl adjacent to an activating group) is 1. The van der Waals surface area contributed by atoms with Gasteiger partial charge in [0.1, 0.15) is 0 Å². The second kappa shape index (κ2) is 9.78. The SMILES string of the molecule is CCOC(=O)c1c(C)sc2c1N(C(=O)CN(CC)CC)c1ccccc1S2.[Cl-]. The molecule has 0 saturated heterocycles. The van der Waals surface area contributed by atoms with Crippen LogP contribution in [0.2, 0.25) is 0 Å². The summed E-state index contributed by atoms with van der Waals surface area (Å²) >= 11 is 3.15. The lowest BCUT2D eigenvalue weighted by atomic mass is 10.1. The zero-order valence-corrected chi connectivity index (χ0v) is 18.8. The normalized spacial score (nSPS) is 12.2. The number of aryl methyl sites for hydroxylation is 1. The summed E-state index contributed by atoms with van der Waals surface area (Å²) < 4.78 is 6.24. The molecule has 0 spiro atoms. The highest BCUT2D eigenvalue weighted by Gasteiger charge is 2.36. The minimum absolute atomic E-state index is 0. The third-order valence-corrected chi connectivity index (χ3v) is 6.88. The van der Waals surface area contributed by atoms with Crippen LogP contribution >= 0.6 is 23.1 Å². The monoisotopic (exact) mass is 439 g/mol. The van der Waals surface area contributed by atoms with E-state index >= 15 is 0 Å². The molecule has 28 heavy (non-hydrogen) atoms. The molecule has 0 aliphatic carbocycles. The zero-order chi connectivity index (χ0) is 19.6. The van der Waals surface area contributed by atoms with Gasteiger partial charge in [0.25, 0.3) is 0 Å². The lowest BCUT2D eigenvalue weighted by molar-refractivity contribution is -0.119. The van der Waals surface area contributed by atoms with Crippen LogP contribution in [0, 0.1) is 6.92 Å². The maximum atomic E-state index is 13.3. The van der Waals surface area contributed by atoms with E-state index in [0.717, 1.165) is 32.8 Å². The summed E-state index contributed by atoms with van der Waals surface area (Å²) in [6.45, 7) is 10.00. The molecule has 1 aromatic carbocycles. The summed E-state index contributed by atoms with van der Waals surface area (Å²) in [5.74, 6) is -0.399. The smallest absolute Gasteiger partial charge is 0.341 e. The van der Waals surface area contributed by atoms with Crippen molar-refractivity contribution in [3.8, 4) is 0 Å². The van der Waals surface area contributed by atoms with Gasteiger partial charge >= 0.3 is 5.97 Å². The Kier molecular flexibility index (Phi) is 7.95. The molecule has 0 radical (unpaired) electrons. The first-order chi connectivity index (χ1) is 13.0. The van der Waals surface area contributed by atoms with Gasteiger partial charge in [0, 0.05) is 9.77 Å². The summed E-state index contributed by atoms with van der Waals surface area (Å²) in [4.78, 5) is 31.7. The molecule has 0 saturated carbocycles.